The third-order valence-corrected chi connectivity index (χ3v) is 2.99. The van der Waals surface area contributed by atoms with Gasteiger partial charge in [-0.3, -0.25) is 4.79 Å². The van der Waals surface area contributed by atoms with Gasteiger partial charge < -0.3 is 16.0 Å². The van der Waals surface area contributed by atoms with Crippen LogP contribution >= 0.6 is 11.3 Å². The molecule has 0 atom stereocenters. The standard InChI is InChI=1S/C9H9N9OS/c10-6-15-7(12-1-5-2-20-9(19)14-5)17-8(16-6)18-4-11-3-13-18/h2-4H,1H2,(H,14,19)(H3,10,12,15,16,17). The highest BCUT2D eigenvalue weighted by molar-refractivity contribution is 7.07. The Kier molecular flexibility index (Phi) is 3.09. The van der Waals surface area contributed by atoms with Crippen molar-refractivity contribution in [1.29, 1.82) is 0 Å². The minimum absolute atomic E-state index is 0.0619. The SMILES string of the molecule is Nc1nc(NCc2csc(=O)[nH]2)nc(-n2cncn2)n1. The first-order valence-electron chi connectivity index (χ1n) is 5.48. The van der Waals surface area contributed by atoms with Crippen LogP contribution in [0.1, 0.15) is 5.69 Å². The van der Waals surface area contributed by atoms with Crippen molar-refractivity contribution in [3.05, 3.63) is 33.4 Å². The van der Waals surface area contributed by atoms with Gasteiger partial charge in [-0.1, -0.05) is 11.3 Å². The Hall–Kier alpha value is -2.82. The molecule has 0 radical (unpaired) electrons. The zero-order chi connectivity index (χ0) is 13.9. The van der Waals surface area contributed by atoms with E-state index < -0.39 is 0 Å². The summed E-state index contributed by atoms with van der Waals surface area (Å²) in [5.41, 5.74) is 6.36. The second-order valence-corrected chi connectivity index (χ2v) is 4.53. The lowest BCUT2D eigenvalue weighted by Gasteiger charge is -2.05. The number of hydrogen-bond acceptors (Lipinski definition) is 9. The number of nitrogens with one attached hydrogen (secondary N) is 2. The van der Waals surface area contributed by atoms with Gasteiger partial charge in [-0.25, -0.2) is 4.98 Å². The van der Waals surface area contributed by atoms with Gasteiger partial charge in [0.25, 0.3) is 5.95 Å². The molecule has 20 heavy (non-hydrogen) atoms. The normalized spacial score (nSPS) is 10.6. The number of anilines is 2. The van der Waals surface area contributed by atoms with Crippen LogP contribution in [0, 0.1) is 0 Å². The Labute approximate surface area is 115 Å². The zero-order valence-corrected chi connectivity index (χ0v) is 10.8. The molecule has 11 heteroatoms. The molecule has 0 saturated carbocycles. The summed E-state index contributed by atoms with van der Waals surface area (Å²) in [6, 6.07) is 0. The largest absolute Gasteiger partial charge is 0.368 e. The number of nitrogens with two attached hydrogens (primary N) is 1. The lowest BCUT2D eigenvalue weighted by Crippen LogP contribution is -2.12. The number of rotatable bonds is 4. The fourth-order valence-corrected chi connectivity index (χ4v) is 2.03. The molecule has 0 spiro atoms. The topological polar surface area (TPSA) is 140 Å². The van der Waals surface area contributed by atoms with E-state index in [-0.39, 0.29) is 22.7 Å². The molecule has 10 nitrogen and oxygen atoms in total. The Bertz CT molecular complexity index is 762. The van der Waals surface area contributed by atoms with E-state index in [0.29, 0.717) is 6.54 Å². The highest BCUT2D eigenvalue weighted by Crippen LogP contribution is 2.07. The average molecular weight is 291 g/mol. The fourth-order valence-electron chi connectivity index (χ4n) is 1.45. The molecule has 0 unspecified atom stereocenters. The summed E-state index contributed by atoms with van der Waals surface area (Å²) in [5, 5.41) is 8.58. The maximum Gasteiger partial charge on any atom is 0.304 e. The number of aromatic amines is 1. The van der Waals surface area contributed by atoms with Crippen LogP contribution in [-0.4, -0.2) is 34.7 Å². The molecule has 3 rings (SSSR count). The molecule has 102 valence electrons. The zero-order valence-electron chi connectivity index (χ0n) is 10.0. The van der Waals surface area contributed by atoms with E-state index in [2.05, 4.69) is 35.3 Å². The Morgan fingerprint density at radius 2 is 2.30 bits per heavy atom. The van der Waals surface area contributed by atoms with E-state index in [1.807, 2.05) is 0 Å². The Morgan fingerprint density at radius 3 is 3.00 bits per heavy atom. The molecule has 0 aliphatic rings. The molecule has 0 aromatic carbocycles. The van der Waals surface area contributed by atoms with E-state index in [9.17, 15) is 4.79 Å². The van der Waals surface area contributed by atoms with Crippen LogP contribution < -0.4 is 15.9 Å². The molecule has 0 amide bonds. The van der Waals surface area contributed by atoms with Gasteiger partial charge in [-0.2, -0.15) is 24.7 Å². The lowest BCUT2D eigenvalue weighted by atomic mass is 10.5. The van der Waals surface area contributed by atoms with Crippen molar-refractivity contribution < 1.29 is 0 Å². The number of H-pyrrole nitrogens is 1. The molecule has 0 aliphatic heterocycles. The minimum Gasteiger partial charge on any atom is -0.368 e. The van der Waals surface area contributed by atoms with Crippen molar-refractivity contribution in [3.8, 4) is 5.95 Å². The van der Waals surface area contributed by atoms with Gasteiger partial charge >= 0.3 is 4.87 Å². The van der Waals surface area contributed by atoms with Gasteiger partial charge in [0.05, 0.1) is 6.54 Å². The first-order chi connectivity index (χ1) is 9.70. The smallest absolute Gasteiger partial charge is 0.304 e. The Balaban J connectivity index is 1.81. The second-order valence-electron chi connectivity index (χ2n) is 3.68. The van der Waals surface area contributed by atoms with Gasteiger partial charge in [0.1, 0.15) is 12.7 Å². The van der Waals surface area contributed by atoms with Crippen molar-refractivity contribution in [3.63, 3.8) is 0 Å². The third-order valence-electron chi connectivity index (χ3n) is 2.27. The van der Waals surface area contributed by atoms with E-state index >= 15 is 0 Å². The number of nitrogens with zero attached hydrogens (tertiary/aromatic N) is 6. The van der Waals surface area contributed by atoms with Gasteiger partial charge in [0, 0.05) is 11.1 Å². The highest BCUT2D eigenvalue weighted by atomic mass is 32.1. The van der Waals surface area contributed by atoms with Crippen LogP contribution in [-0.2, 0) is 6.54 Å². The molecule has 3 aromatic rings. The van der Waals surface area contributed by atoms with E-state index in [0.717, 1.165) is 17.0 Å². The van der Waals surface area contributed by atoms with Gasteiger partial charge in [-0.15, -0.1) is 0 Å². The monoisotopic (exact) mass is 291 g/mol. The van der Waals surface area contributed by atoms with Gasteiger partial charge in [-0.05, 0) is 0 Å². The molecule has 0 fully saturated rings. The van der Waals surface area contributed by atoms with E-state index in [1.165, 1.54) is 17.3 Å². The quantitative estimate of drug-likeness (QED) is 0.578. The number of thiazole rings is 1. The van der Waals surface area contributed by atoms with Crippen LogP contribution in [0.3, 0.4) is 0 Å². The maximum absolute atomic E-state index is 11.0. The fraction of sp³-hybridized carbons (Fsp3) is 0.111. The van der Waals surface area contributed by atoms with Crippen molar-refractivity contribution in [2.45, 2.75) is 6.54 Å². The van der Waals surface area contributed by atoms with Crippen molar-refractivity contribution in [1.82, 2.24) is 34.7 Å². The summed E-state index contributed by atoms with van der Waals surface area (Å²) < 4.78 is 1.37. The summed E-state index contributed by atoms with van der Waals surface area (Å²) in [6.07, 6.45) is 2.82. The van der Waals surface area contributed by atoms with Crippen molar-refractivity contribution in [2.75, 3.05) is 11.1 Å². The summed E-state index contributed by atoms with van der Waals surface area (Å²) in [7, 11) is 0. The van der Waals surface area contributed by atoms with Crippen LogP contribution in [0.2, 0.25) is 0 Å². The first-order valence-corrected chi connectivity index (χ1v) is 6.36. The highest BCUT2D eigenvalue weighted by Gasteiger charge is 2.07. The lowest BCUT2D eigenvalue weighted by molar-refractivity contribution is 0.796. The number of hydrogen-bond donors (Lipinski definition) is 3. The predicted molar refractivity (Wildman–Crippen MR) is 71.4 cm³/mol. The molecule has 4 N–H and O–H groups in total. The predicted octanol–water partition coefficient (Wildman–Crippen LogP) is -0.604. The molecule has 0 bridgehead atoms. The maximum atomic E-state index is 11.0. The molecule has 3 heterocycles. The number of nitrogen functional groups attached to an aromatic ring is 1. The summed E-state index contributed by atoms with van der Waals surface area (Å²) in [6.45, 7) is 0.374. The summed E-state index contributed by atoms with van der Waals surface area (Å²) in [4.78, 5) is 29.5. The van der Waals surface area contributed by atoms with E-state index in [1.54, 1.807) is 5.38 Å². The van der Waals surface area contributed by atoms with Crippen molar-refractivity contribution >= 4 is 23.2 Å². The first kappa shape index (κ1) is 12.2. The van der Waals surface area contributed by atoms with Gasteiger partial charge in [0.15, 0.2) is 0 Å². The van der Waals surface area contributed by atoms with Gasteiger partial charge in [0.2, 0.25) is 11.9 Å². The third kappa shape index (κ3) is 2.61. The molecule has 0 saturated heterocycles. The summed E-state index contributed by atoms with van der Waals surface area (Å²) in [5.74, 6) is 0.609. The molecule has 3 aromatic heterocycles. The summed E-state index contributed by atoms with van der Waals surface area (Å²) >= 11 is 1.09. The van der Waals surface area contributed by atoms with Crippen LogP contribution in [0.15, 0.2) is 22.8 Å². The molecule has 0 aliphatic carbocycles. The van der Waals surface area contributed by atoms with Crippen LogP contribution in [0.5, 0.6) is 0 Å². The average Bonchev–Trinajstić information content (AvgIpc) is 3.07. The minimum atomic E-state index is -0.111. The second kappa shape index (κ2) is 5.05. The van der Waals surface area contributed by atoms with E-state index in [4.69, 9.17) is 5.73 Å². The molecular formula is C9H9N9OS. The van der Waals surface area contributed by atoms with Crippen LogP contribution in [0.4, 0.5) is 11.9 Å². The Morgan fingerprint density at radius 1 is 1.40 bits per heavy atom. The van der Waals surface area contributed by atoms with Crippen LogP contribution in [0.25, 0.3) is 5.95 Å². The molecular weight excluding hydrogens is 282 g/mol. The van der Waals surface area contributed by atoms with Crippen molar-refractivity contribution in [2.24, 2.45) is 0 Å². The number of aromatic nitrogens is 7.